The van der Waals surface area contributed by atoms with Crippen LogP contribution in [0.5, 0.6) is 0 Å². The molecule has 0 aliphatic heterocycles. The van der Waals surface area contributed by atoms with Gasteiger partial charge in [-0.15, -0.1) is 0 Å². The molecule has 0 radical (unpaired) electrons. The van der Waals surface area contributed by atoms with Gasteiger partial charge in [0, 0.05) is 12.0 Å². The molecule has 0 aromatic heterocycles. The van der Waals surface area contributed by atoms with E-state index in [1.165, 1.54) is 12.1 Å². The van der Waals surface area contributed by atoms with Crippen LogP contribution in [0.1, 0.15) is 35.4 Å². The number of Topliss-reactive ketones (excluding diaryl/α,β-unsaturated/α-hetero) is 1. The van der Waals surface area contributed by atoms with E-state index in [1.54, 1.807) is 19.1 Å². The Balaban J connectivity index is 2.85. The smallest absolute Gasteiger partial charge is 0.337 e. The Morgan fingerprint density at radius 1 is 1.22 bits per heavy atom. The van der Waals surface area contributed by atoms with E-state index in [4.69, 9.17) is 0 Å². The van der Waals surface area contributed by atoms with Crippen molar-refractivity contribution >= 4 is 11.8 Å². The Kier molecular flexibility index (Phi) is 5.00. The van der Waals surface area contributed by atoms with Crippen molar-refractivity contribution in [3.05, 3.63) is 35.4 Å². The van der Waals surface area contributed by atoms with Crippen molar-refractivity contribution in [1.82, 2.24) is 0 Å². The zero-order chi connectivity index (χ0) is 13.7. The monoisotopic (exact) mass is 252 g/mol. The zero-order valence-corrected chi connectivity index (χ0v) is 10.3. The largest absolute Gasteiger partial charge is 0.467 e. The topological polar surface area (TPSA) is 83.8 Å². The van der Waals surface area contributed by atoms with E-state index in [0.29, 0.717) is 17.5 Å². The van der Waals surface area contributed by atoms with E-state index in [2.05, 4.69) is 4.74 Å². The molecule has 0 saturated heterocycles. The molecule has 5 heteroatoms. The van der Waals surface area contributed by atoms with Crippen LogP contribution in [0.3, 0.4) is 0 Å². The van der Waals surface area contributed by atoms with Gasteiger partial charge < -0.3 is 14.9 Å². The van der Waals surface area contributed by atoms with Gasteiger partial charge >= 0.3 is 5.97 Å². The highest BCUT2D eigenvalue weighted by Crippen LogP contribution is 2.18. The molecule has 0 saturated carbocycles. The summed E-state index contributed by atoms with van der Waals surface area (Å²) in [6.45, 7) is 1.76. The molecule has 0 aliphatic rings. The summed E-state index contributed by atoms with van der Waals surface area (Å²) in [5, 5.41) is 19.2. The summed E-state index contributed by atoms with van der Waals surface area (Å²) in [6.07, 6.45) is -2.61. The molecular formula is C13H16O5. The quantitative estimate of drug-likeness (QED) is 0.599. The third-order valence-corrected chi connectivity index (χ3v) is 2.64. The van der Waals surface area contributed by atoms with Crippen molar-refractivity contribution in [3.63, 3.8) is 0 Å². The van der Waals surface area contributed by atoms with Gasteiger partial charge in [-0.05, 0) is 5.56 Å². The molecule has 2 N–H and O–H groups in total. The second-order valence-corrected chi connectivity index (χ2v) is 3.81. The molecule has 5 nitrogen and oxygen atoms in total. The number of aliphatic hydroxyl groups is 2. The molecule has 0 spiro atoms. The Morgan fingerprint density at radius 2 is 1.78 bits per heavy atom. The molecule has 2 unspecified atom stereocenters. The molecular weight excluding hydrogens is 236 g/mol. The lowest BCUT2D eigenvalue weighted by molar-refractivity contribution is -0.156. The van der Waals surface area contributed by atoms with Crippen LogP contribution in [-0.4, -0.2) is 35.2 Å². The number of hydrogen-bond donors (Lipinski definition) is 2. The lowest BCUT2D eigenvalue weighted by atomic mass is 10.0. The van der Waals surface area contributed by atoms with Gasteiger partial charge in [0.25, 0.3) is 0 Å². The minimum Gasteiger partial charge on any atom is -0.467 e. The average molecular weight is 252 g/mol. The summed E-state index contributed by atoms with van der Waals surface area (Å²) in [5.41, 5.74) is 0.876. The Hall–Kier alpha value is -1.72. The summed E-state index contributed by atoms with van der Waals surface area (Å²) in [7, 11) is 1.13. The molecule has 1 aromatic rings. The van der Waals surface area contributed by atoms with Gasteiger partial charge in [-0.2, -0.15) is 0 Å². The molecule has 1 rings (SSSR count). The lowest BCUT2D eigenvalue weighted by Gasteiger charge is -2.16. The van der Waals surface area contributed by atoms with Gasteiger partial charge in [-0.3, -0.25) is 4.79 Å². The standard InChI is InChI=1S/C13H16O5/c1-3-10(14)8-4-6-9(7-5-8)11(15)12(16)13(17)18-2/h4-7,11-12,15-16H,3H2,1-2H3. The molecule has 0 heterocycles. The first-order valence-electron chi connectivity index (χ1n) is 5.58. The van der Waals surface area contributed by atoms with E-state index in [0.717, 1.165) is 7.11 Å². The third kappa shape index (κ3) is 3.15. The number of methoxy groups -OCH3 is 1. The van der Waals surface area contributed by atoms with Crippen LogP contribution in [0.2, 0.25) is 0 Å². The maximum atomic E-state index is 11.4. The highest BCUT2D eigenvalue weighted by Gasteiger charge is 2.26. The van der Waals surface area contributed by atoms with E-state index < -0.39 is 18.2 Å². The van der Waals surface area contributed by atoms with Crippen LogP contribution in [-0.2, 0) is 9.53 Å². The lowest BCUT2D eigenvalue weighted by Crippen LogP contribution is -2.29. The van der Waals surface area contributed by atoms with Crippen LogP contribution >= 0.6 is 0 Å². The van der Waals surface area contributed by atoms with Crippen molar-refractivity contribution < 1.29 is 24.5 Å². The number of aliphatic hydroxyl groups excluding tert-OH is 2. The molecule has 0 fully saturated rings. The van der Waals surface area contributed by atoms with E-state index in [1.807, 2.05) is 0 Å². The molecule has 1 aromatic carbocycles. The number of hydrogen-bond acceptors (Lipinski definition) is 5. The maximum absolute atomic E-state index is 11.4. The van der Waals surface area contributed by atoms with Crippen LogP contribution < -0.4 is 0 Å². The number of carbonyl (C=O) groups excluding carboxylic acids is 2. The zero-order valence-electron chi connectivity index (χ0n) is 10.3. The third-order valence-electron chi connectivity index (χ3n) is 2.64. The second-order valence-electron chi connectivity index (χ2n) is 3.81. The molecule has 2 atom stereocenters. The maximum Gasteiger partial charge on any atom is 0.337 e. The first kappa shape index (κ1) is 14.3. The van der Waals surface area contributed by atoms with Gasteiger partial charge in [-0.25, -0.2) is 4.79 Å². The molecule has 0 aliphatic carbocycles. The van der Waals surface area contributed by atoms with Crippen LogP contribution in [0.4, 0.5) is 0 Å². The minimum absolute atomic E-state index is 0.00967. The molecule has 18 heavy (non-hydrogen) atoms. The fraction of sp³-hybridized carbons (Fsp3) is 0.385. The number of ether oxygens (including phenoxy) is 1. The van der Waals surface area contributed by atoms with Gasteiger partial charge in [0.15, 0.2) is 11.9 Å². The van der Waals surface area contributed by atoms with Gasteiger partial charge in [0.2, 0.25) is 0 Å². The number of esters is 1. The van der Waals surface area contributed by atoms with Gasteiger partial charge in [-0.1, -0.05) is 31.2 Å². The second kappa shape index (κ2) is 6.28. The van der Waals surface area contributed by atoms with Crippen molar-refractivity contribution in [2.24, 2.45) is 0 Å². The van der Waals surface area contributed by atoms with Crippen molar-refractivity contribution in [2.45, 2.75) is 25.6 Å². The van der Waals surface area contributed by atoms with E-state index >= 15 is 0 Å². The Bertz CT molecular complexity index is 424. The molecule has 98 valence electrons. The number of benzene rings is 1. The number of ketones is 1. The normalized spacial score (nSPS) is 13.8. The predicted octanol–water partition coefficient (Wildman–Crippen LogP) is 0.847. The molecule has 0 amide bonds. The average Bonchev–Trinajstić information content (AvgIpc) is 2.44. The summed E-state index contributed by atoms with van der Waals surface area (Å²) in [5.74, 6) is -0.916. The summed E-state index contributed by atoms with van der Waals surface area (Å²) in [4.78, 5) is 22.5. The first-order chi connectivity index (χ1) is 8.51. The fourth-order valence-corrected chi connectivity index (χ4v) is 1.50. The van der Waals surface area contributed by atoms with Crippen molar-refractivity contribution in [2.75, 3.05) is 7.11 Å². The molecule has 0 bridgehead atoms. The van der Waals surface area contributed by atoms with E-state index in [9.17, 15) is 19.8 Å². The van der Waals surface area contributed by atoms with E-state index in [-0.39, 0.29) is 5.78 Å². The van der Waals surface area contributed by atoms with Crippen molar-refractivity contribution in [3.8, 4) is 0 Å². The number of carbonyl (C=O) groups is 2. The van der Waals surface area contributed by atoms with Crippen molar-refractivity contribution in [1.29, 1.82) is 0 Å². The highest BCUT2D eigenvalue weighted by molar-refractivity contribution is 5.95. The first-order valence-corrected chi connectivity index (χ1v) is 5.58. The number of rotatable bonds is 5. The summed E-state index contributed by atoms with van der Waals surface area (Å²) in [6, 6.07) is 6.10. The van der Waals surface area contributed by atoms with Gasteiger partial charge in [0.1, 0.15) is 6.10 Å². The van der Waals surface area contributed by atoms with Crippen LogP contribution in [0.25, 0.3) is 0 Å². The summed E-state index contributed by atoms with van der Waals surface area (Å²) >= 11 is 0. The predicted molar refractivity (Wildman–Crippen MR) is 64.0 cm³/mol. The highest BCUT2D eigenvalue weighted by atomic mass is 16.5. The fourth-order valence-electron chi connectivity index (χ4n) is 1.50. The minimum atomic E-state index is -1.64. The summed E-state index contributed by atoms with van der Waals surface area (Å²) < 4.78 is 4.33. The Labute approximate surface area is 105 Å². The van der Waals surface area contributed by atoms with Crippen LogP contribution in [0, 0.1) is 0 Å². The Morgan fingerprint density at radius 3 is 2.22 bits per heavy atom. The van der Waals surface area contributed by atoms with Crippen LogP contribution in [0.15, 0.2) is 24.3 Å². The SMILES string of the molecule is CCC(=O)c1ccc(C(O)C(O)C(=O)OC)cc1. The van der Waals surface area contributed by atoms with Gasteiger partial charge in [0.05, 0.1) is 7.11 Å².